The first-order chi connectivity index (χ1) is 7.00. The average molecular weight is 207 g/mol. The summed E-state index contributed by atoms with van der Waals surface area (Å²) in [5.41, 5.74) is 7.87. The smallest absolute Gasteiger partial charge is 0.320 e. The Morgan fingerprint density at radius 1 is 1.40 bits per heavy atom. The van der Waals surface area contributed by atoms with Gasteiger partial charge in [0.05, 0.1) is 0 Å². The minimum atomic E-state index is -0.936. The lowest BCUT2D eigenvalue weighted by atomic mass is 9.94. The summed E-state index contributed by atoms with van der Waals surface area (Å²) in [6, 6.07) is 7.29. The number of aliphatic carboxylic acids is 1. The molecule has 0 amide bonds. The molecule has 0 unspecified atom stereocenters. The number of aryl methyl sites for hydroxylation is 1. The van der Waals surface area contributed by atoms with Gasteiger partial charge in [0.1, 0.15) is 6.04 Å². The SMILES string of the molecule is Cc1ccc(C[C@H](C)[C@H](N)C(=O)O)cc1. The Morgan fingerprint density at radius 3 is 2.40 bits per heavy atom. The molecule has 1 aromatic carbocycles. The first-order valence-corrected chi connectivity index (χ1v) is 5.04. The lowest BCUT2D eigenvalue weighted by Crippen LogP contribution is -2.37. The third kappa shape index (κ3) is 3.36. The van der Waals surface area contributed by atoms with Crippen LogP contribution in [0.15, 0.2) is 24.3 Å². The van der Waals surface area contributed by atoms with E-state index in [0.29, 0.717) is 6.42 Å². The Morgan fingerprint density at radius 2 is 1.93 bits per heavy atom. The second-order valence-electron chi connectivity index (χ2n) is 4.03. The molecule has 0 heterocycles. The van der Waals surface area contributed by atoms with Crippen molar-refractivity contribution in [3.63, 3.8) is 0 Å². The summed E-state index contributed by atoms with van der Waals surface area (Å²) in [4.78, 5) is 10.7. The molecule has 0 bridgehead atoms. The lowest BCUT2D eigenvalue weighted by molar-refractivity contribution is -0.139. The van der Waals surface area contributed by atoms with Crippen molar-refractivity contribution in [2.75, 3.05) is 0 Å². The highest BCUT2D eigenvalue weighted by Gasteiger charge is 2.19. The van der Waals surface area contributed by atoms with Crippen LogP contribution in [-0.4, -0.2) is 17.1 Å². The van der Waals surface area contributed by atoms with Crippen LogP contribution in [0.5, 0.6) is 0 Å². The van der Waals surface area contributed by atoms with Crippen molar-refractivity contribution in [3.8, 4) is 0 Å². The Labute approximate surface area is 89.9 Å². The second-order valence-corrected chi connectivity index (χ2v) is 4.03. The van der Waals surface area contributed by atoms with Gasteiger partial charge in [-0.25, -0.2) is 0 Å². The van der Waals surface area contributed by atoms with E-state index in [2.05, 4.69) is 0 Å². The summed E-state index contributed by atoms with van der Waals surface area (Å²) < 4.78 is 0. The molecule has 82 valence electrons. The van der Waals surface area contributed by atoms with Crippen LogP contribution in [0, 0.1) is 12.8 Å². The molecular weight excluding hydrogens is 190 g/mol. The summed E-state index contributed by atoms with van der Waals surface area (Å²) in [5, 5.41) is 8.75. The molecule has 3 nitrogen and oxygen atoms in total. The molecule has 0 fully saturated rings. The van der Waals surface area contributed by atoms with Crippen molar-refractivity contribution in [2.24, 2.45) is 11.7 Å². The third-order valence-electron chi connectivity index (χ3n) is 2.58. The molecule has 3 heteroatoms. The topological polar surface area (TPSA) is 63.3 Å². The number of carboxylic acid groups (broad SMARTS) is 1. The highest BCUT2D eigenvalue weighted by molar-refractivity contribution is 5.73. The zero-order valence-electron chi connectivity index (χ0n) is 9.10. The molecule has 3 N–H and O–H groups in total. The number of carbonyl (C=O) groups is 1. The van der Waals surface area contributed by atoms with E-state index >= 15 is 0 Å². The Kier molecular flexibility index (Phi) is 3.86. The van der Waals surface area contributed by atoms with Gasteiger partial charge < -0.3 is 10.8 Å². The maximum Gasteiger partial charge on any atom is 0.320 e. The number of hydrogen-bond donors (Lipinski definition) is 2. The highest BCUT2D eigenvalue weighted by atomic mass is 16.4. The van der Waals surface area contributed by atoms with E-state index in [0.717, 1.165) is 5.56 Å². The zero-order chi connectivity index (χ0) is 11.4. The zero-order valence-corrected chi connectivity index (χ0v) is 9.10. The van der Waals surface area contributed by atoms with Gasteiger partial charge in [0.15, 0.2) is 0 Å². The fourth-order valence-electron chi connectivity index (χ4n) is 1.47. The molecule has 1 rings (SSSR count). The van der Waals surface area contributed by atoms with Crippen LogP contribution < -0.4 is 5.73 Å². The van der Waals surface area contributed by atoms with E-state index in [1.165, 1.54) is 5.56 Å². The van der Waals surface area contributed by atoms with E-state index in [1.54, 1.807) is 0 Å². The minimum absolute atomic E-state index is 0.0507. The van der Waals surface area contributed by atoms with E-state index < -0.39 is 12.0 Å². The van der Waals surface area contributed by atoms with Crippen molar-refractivity contribution in [3.05, 3.63) is 35.4 Å². The maximum atomic E-state index is 10.7. The highest BCUT2D eigenvalue weighted by Crippen LogP contribution is 2.12. The molecule has 1 aromatic rings. The van der Waals surface area contributed by atoms with Gasteiger partial charge in [0.2, 0.25) is 0 Å². The molecule has 0 aromatic heterocycles. The molecule has 0 aliphatic rings. The molecule has 0 saturated carbocycles. The van der Waals surface area contributed by atoms with Crippen LogP contribution in [0.25, 0.3) is 0 Å². The van der Waals surface area contributed by atoms with Crippen LogP contribution in [0.2, 0.25) is 0 Å². The quantitative estimate of drug-likeness (QED) is 0.788. The van der Waals surface area contributed by atoms with Crippen molar-refractivity contribution in [1.82, 2.24) is 0 Å². The van der Waals surface area contributed by atoms with E-state index in [9.17, 15) is 4.79 Å². The lowest BCUT2D eigenvalue weighted by Gasteiger charge is -2.15. The Hall–Kier alpha value is -1.35. The van der Waals surface area contributed by atoms with Crippen molar-refractivity contribution >= 4 is 5.97 Å². The summed E-state index contributed by atoms with van der Waals surface area (Å²) in [5.74, 6) is -0.986. The molecule has 2 atom stereocenters. The van der Waals surface area contributed by atoms with Crippen LogP contribution in [0.1, 0.15) is 18.1 Å². The summed E-state index contributed by atoms with van der Waals surface area (Å²) in [6.07, 6.45) is 0.702. The molecule has 15 heavy (non-hydrogen) atoms. The Balaban J connectivity index is 2.62. The predicted octanol–water partition coefficient (Wildman–Crippen LogP) is 1.59. The van der Waals surface area contributed by atoms with Crippen molar-refractivity contribution < 1.29 is 9.90 Å². The van der Waals surface area contributed by atoms with Gasteiger partial charge in [-0.05, 0) is 24.8 Å². The van der Waals surface area contributed by atoms with Crippen LogP contribution >= 0.6 is 0 Å². The molecule has 0 aliphatic carbocycles. The van der Waals surface area contributed by atoms with Crippen molar-refractivity contribution in [1.29, 1.82) is 0 Å². The molecule has 0 saturated heterocycles. The number of nitrogens with two attached hydrogens (primary N) is 1. The average Bonchev–Trinajstić information content (AvgIpc) is 2.20. The summed E-state index contributed by atoms with van der Waals surface area (Å²) in [7, 11) is 0. The van der Waals surface area contributed by atoms with Gasteiger partial charge in [0.25, 0.3) is 0 Å². The van der Waals surface area contributed by atoms with E-state index in [4.69, 9.17) is 10.8 Å². The van der Waals surface area contributed by atoms with Gasteiger partial charge in [-0.2, -0.15) is 0 Å². The largest absolute Gasteiger partial charge is 0.480 e. The molecule has 0 radical (unpaired) electrons. The standard InChI is InChI=1S/C12H17NO2/c1-8-3-5-10(6-4-8)7-9(2)11(13)12(14)15/h3-6,9,11H,7,13H2,1-2H3,(H,14,15)/t9-,11-/m0/s1. The summed E-state index contributed by atoms with van der Waals surface area (Å²) in [6.45, 7) is 3.88. The first-order valence-electron chi connectivity index (χ1n) is 5.04. The fourth-order valence-corrected chi connectivity index (χ4v) is 1.47. The van der Waals surface area contributed by atoms with Gasteiger partial charge >= 0.3 is 5.97 Å². The van der Waals surface area contributed by atoms with E-state index in [-0.39, 0.29) is 5.92 Å². The minimum Gasteiger partial charge on any atom is -0.480 e. The van der Waals surface area contributed by atoms with Gasteiger partial charge in [-0.15, -0.1) is 0 Å². The van der Waals surface area contributed by atoms with Crippen molar-refractivity contribution in [2.45, 2.75) is 26.3 Å². The number of carboxylic acids is 1. The molecule has 0 aliphatic heterocycles. The molecular formula is C12H17NO2. The predicted molar refractivity (Wildman–Crippen MR) is 59.7 cm³/mol. The monoisotopic (exact) mass is 207 g/mol. The van der Waals surface area contributed by atoms with E-state index in [1.807, 2.05) is 38.1 Å². The molecule has 0 spiro atoms. The fraction of sp³-hybridized carbons (Fsp3) is 0.417. The first kappa shape index (κ1) is 11.7. The number of hydrogen-bond acceptors (Lipinski definition) is 2. The second kappa shape index (κ2) is 4.94. The van der Waals surface area contributed by atoms with Crippen LogP contribution in [0.3, 0.4) is 0 Å². The van der Waals surface area contributed by atoms with Gasteiger partial charge in [-0.3, -0.25) is 4.79 Å². The Bertz CT molecular complexity index is 332. The third-order valence-corrected chi connectivity index (χ3v) is 2.58. The van der Waals surface area contributed by atoms with Crippen LogP contribution in [-0.2, 0) is 11.2 Å². The number of benzene rings is 1. The normalized spacial score (nSPS) is 14.6. The maximum absolute atomic E-state index is 10.7. The summed E-state index contributed by atoms with van der Waals surface area (Å²) >= 11 is 0. The number of rotatable bonds is 4. The van der Waals surface area contributed by atoms with Crippen LogP contribution in [0.4, 0.5) is 0 Å². The van der Waals surface area contributed by atoms with Gasteiger partial charge in [0, 0.05) is 0 Å². The van der Waals surface area contributed by atoms with Gasteiger partial charge in [-0.1, -0.05) is 36.8 Å².